The molecule has 194 valence electrons. The van der Waals surface area contributed by atoms with Crippen LogP contribution in [0.2, 0.25) is 0 Å². The highest BCUT2D eigenvalue weighted by atomic mass is 15.5. The number of nitrogens with one attached hydrogen (secondary N) is 2. The number of rotatable bonds is 20. The molecule has 4 nitrogen and oxygen atoms in total. The third kappa shape index (κ3) is 11.3. The van der Waals surface area contributed by atoms with E-state index < -0.39 is 0 Å². The van der Waals surface area contributed by atoms with Gasteiger partial charge in [-0.3, -0.25) is 15.1 Å². The van der Waals surface area contributed by atoms with Crippen LogP contribution in [0.4, 0.5) is 0 Å². The Morgan fingerprint density at radius 3 is 1.28 bits per heavy atom. The first-order valence-corrected chi connectivity index (χ1v) is 13.9. The largest absolute Gasteiger partial charge is 0.313 e. The molecular weight excluding hydrogens is 392 g/mol. The minimum Gasteiger partial charge on any atom is -0.313 e. The molecule has 0 aromatic carbocycles. The van der Waals surface area contributed by atoms with Crippen LogP contribution in [0.1, 0.15) is 107 Å². The number of likely N-dealkylation sites (N-methyl/N-ethyl adjacent to an activating group) is 2. The second-order valence-electron chi connectivity index (χ2n) is 11.8. The molecule has 0 fully saturated rings. The summed E-state index contributed by atoms with van der Waals surface area (Å²) in [7, 11) is 4.38. The average molecular weight is 455 g/mol. The van der Waals surface area contributed by atoms with E-state index in [0.717, 1.165) is 26.2 Å². The van der Waals surface area contributed by atoms with Crippen molar-refractivity contribution in [2.75, 3.05) is 40.3 Å². The maximum absolute atomic E-state index is 3.94. The first-order chi connectivity index (χ1) is 15.0. The average Bonchev–Trinajstić information content (AvgIpc) is 2.67. The van der Waals surface area contributed by atoms with Crippen LogP contribution in [0.15, 0.2) is 0 Å². The molecule has 2 N–H and O–H groups in total. The third-order valence-corrected chi connectivity index (χ3v) is 6.36. The fourth-order valence-corrected chi connectivity index (χ4v) is 5.28. The number of hydrogen-bond acceptors (Lipinski definition) is 4. The van der Waals surface area contributed by atoms with Crippen LogP contribution in [0.5, 0.6) is 0 Å². The first-order valence-electron chi connectivity index (χ1n) is 13.9. The highest BCUT2D eigenvalue weighted by Gasteiger charge is 2.47. The highest BCUT2D eigenvalue weighted by molar-refractivity contribution is 4.98. The van der Waals surface area contributed by atoms with Crippen molar-refractivity contribution in [2.45, 2.75) is 119 Å². The molecule has 0 radical (unpaired) electrons. The molecule has 0 aliphatic rings. The van der Waals surface area contributed by atoms with E-state index in [-0.39, 0.29) is 5.79 Å². The first kappa shape index (κ1) is 31.8. The maximum Gasteiger partial charge on any atom is 0.144 e. The van der Waals surface area contributed by atoms with Gasteiger partial charge in [0.1, 0.15) is 5.79 Å². The second kappa shape index (κ2) is 17.3. The predicted molar refractivity (Wildman–Crippen MR) is 145 cm³/mol. The van der Waals surface area contributed by atoms with Crippen molar-refractivity contribution >= 4 is 0 Å². The van der Waals surface area contributed by atoms with Crippen LogP contribution >= 0.6 is 0 Å². The summed E-state index contributed by atoms with van der Waals surface area (Å²) in [5.74, 6) is 2.35. The zero-order valence-electron chi connectivity index (χ0n) is 24.1. The van der Waals surface area contributed by atoms with Gasteiger partial charge in [-0.1, -0.05) is 101 Å². The van der Waals surface area contributed by atoms with Crippen LogP contribution in [-0.4, -0.2) is 61.9 Å². The van der Waals surface area contributed by atoms with E-state index in [1.165, 1.54) is 44.9 Å². The minimum absolute atomic E-state index is 0.179. The fraction of sp³-hybridized carbons (Fsp3) is 1.00. The minimum atomic E-state index is -0.179. The Labute approximate surface area is 203 Å². The van der Waals surface area contributed by atoms with Crippen molar-refractivity contribution in [3.8, 4) is 0 Å². The molecule has 32 heavy (non-hydrogen) atoms. The Morgan fingerprint density at radius 2 is 0.969 bits per heavy atom. The van der Waals surface area contributed by atoms with Gasteiger partial charge in [-0.2, -0.15) is 0 Å². The molecule has 4 heteroatoms. The molecule has 0 aliphatic heterocycles. The molecule has 0 aromatic heterocycles. The molecule has 0 saturated heterocycles. The van der Waals surface area contributed by atoms with Gasteiger partial charge < -0.3 is 5.32 Å². The molecule has 0 rings (SSSR count). The smallest absolute Gasteiger partial charge is 0.144 e. The van der Waals surface area contributed by atoms with Gasteiger partial charge in [0.15, 0.2) is 0 Å². The van der Waals surface area contributed by atoms with Gasteiger partial charge in [0.2, 0.25) is 0 Å². The van der Waals surface area contributed by atoms with Gasteiger partial charge >= 0.3 is 0 Å². The van der Waals surface area contributed by atoms with E-state index >= 15 is 0 Å². The van der Waals surface area contributed by atoms with Gasteiger partial charge in [0.05, 0.1) is 6.04 Å². The standard InChI is InChI=1S/C28H62N4/c1-12-13-14-15-16-17-18-27(29-10)28(30-11,31(19-23(2)3)20-24(4)5)32(21-25(6)7)22-26(8)9/h23-27,29-30H,12-22H2,1-11H3. The van der Waals surface area contributed by atoms with Gasteiger partial charge in [-0.15, -0.1) is 0 Å². The summed E-state index contributed by atoms with van der Waals surface area (Å²) < 4.78 is 0. The molecule has 0 bridgehead atoms. The van der Waals surface area contributed by atoms with Crippen molar-refractivity contribution in [2.24, 2.45) is 23.7 Å². The van der Waals surface area contributed by atoms with Gasteiger partial charge in [-0.05, 0) is 44.2 Å². The van der Waals surface area contributed by atoms with E-state index in [9.17, 15) is 0 Å². The summed E-state index contributed by atoms with van der Waals surface area (Å²) in [6.45, 7) is 25.7. The van der Waals surface area contributed by atoms with Crippen molar-refractivity contribution in [3.05, 3.63) is 0 Å². The normalized spacial score (nSPS) is 14.2. The van der Waals surface area contributed by atoms with Crippen molar-refractivity contribution in [1.82, 2.24) is 20.4 Å². The Kier molecular flexibility index (Phi) is 17.2. The lowest BCUT2D eigenvalue weighted by molar-refractivity contribution is -0.124. The summed E-state index contributed by atoms with van der Waals surface area (Å²) in [6, 6.07) is 0.383. The SMILES string of the molecule is CCCCCCCCC(NC)C(NC)(N(CC(C)C)CC(C)C)N(CC(C)C)CC(C)C. The monoisotopic (exact) mass is 454 g/mol. The summed E-state index contributed by atoms with van der Waals surface area (Å²) in [4.78, 5) is 5.57. The van der Waals surface area contributed by atoms with Gasteiger partial charge in [-0.25, -0.2) is 0 Å². The van der Waals surface area contributed by atoms with E-state index in [0.29, 0.717) is 29.7 Å². The third-order valence-electron chi connectivity index (χ3n) is 6.36. The lowest BCUT2D eigenvalue weighted by Gasteiger charge is -2.56. The predicted octanol–water partition coefficient (Wildman–Crippen LogP) is 6.43. The number of hydrogen-bond donors (Lipinski definition) is 2. The van der Waals surface area contributed by atoms with Crippen LogP contribution in [-0.2, 0) is 0 Å². The number of nitrogens with zero attached hydrogens (tertiary/aromatic N) is 2. The molecular formula is C28H62N4. The van der Waals surface area contributed by atoms with Crippen LogP contribution < -0.4 is 10.6 Å². The molecule has 1 atom stereocenters. The van der Waals surface area contributed by atoms with E-state index in [2.05, 4.69) is 96.8 Å². The summed E-state index contributed by atoms with van der Waals surface area (Å²) >= 11 is 0. The molecule has 0 aliphatic carbocycles. The highest BCUT2D eigenvalue weighted by Crippen LogP contribution is 2.30. The molecule has 0 heterocycles. The molecule has 0 spiro atoms. The maximum atomic E-state index is 3.94. The lowest BCUT2D eigenvalue weighted by atomic mass is 9.94. The van der Waals surface area contributed by atoms with Crippen molar-refractivity contribution < 1.29 is 0 Å². The fourth-order valence-electron chi connectivity index (χ4n) is 5.28. The molecule has 0 amide bonds. The van der Waals surface area contributed by atoms with E-state index in [4.69, 9.17) is 0 Å². The van der Waals surface area contributed by atoms with Crippen molar-refractivity contribution in [3.63, 3.8) is 0 Å². The Morgan fingerprint density at radius 1 is 0.594 bits per heavy atom. The Balaban J connectivity index is 6.13. The van der Waals surface area contributed by atoms with Crippen LogP contribution in [0.25, 0.3) is 0 Å². The van der Waals surface area contributed by atoms with E-state index in [1.54, 1.807) is 0 Å². The van der Waals surface area contributed by atoms with Crippen LogP contribution in [0.3, 0.4) is 0 Å². The molecule has 0 saturated carbocycles. The number of unbranched alkanes of at least 4 members (excludes halogenated alkanes) is 5. The topological polar surface area (TPSA) is 30.5 Å². The second-order valence-corrected chi connectivity index (χ2v) is 11.8. The molecule has 1 unspecified atom stereocenters. The zero-order chi connectivity index (χ0) is 24.7. The van der Waals surface area contributed by atoms with Crippen molar-refractivity contribution in [1.29, 1.82) is 0 Å². The summed E-state index contributed by atoms with van der Waals surface area (Å²) in [5.41, 5.74) is 0. The van der Waals surface area contributed by atoms with E-state index in [1.807, 2.05) is 0 Å². The van der Waals surface area contributed by atoms with Gasteiger partial charge in [0.25, 0.3) is 0 Å². The summed E-state index contributed by atoms with van der Waals surface area (Å²) in [6.07, 6.45) is 9.32. The quantitative estimate of drug-likeness (QED) is 0.164. The van der Waals surface area contributed by atoms with Gasteiger partial charge in [0, 0.05) is 26.2 Å². The molecule has 0 aromatic rings. The summed E-state index contributed by atoms with van der Waals surface area (Å²) in [5, 5.41) is 7.74. The Hall–Kier alpha value is -0.160. The lowest BCUT2D eigenvalue weighted by Crippen LogP contribution is -2.77. The Bertz CT molecular complexity index is 389. The van der Waals surface area contributed by atoms with Crippen LogP contribution in [0, 0.1) is 23.7 Å². The zero-order valence-corrected chi connectivity index (χ0v) is 24.1.